The number of hydrogen-bond acceptors (Lipinski definition) is 6. The van der Waals surface area contributed by atoms with E-state index in [1.807, 2.05) is 0 Å². The van der Waals surface area contributed by atoms with Crippen LogP contribution >= 0.6 is 0 Å². The van der Waals surface area contributed by atoms with Gasteiger partial charge in [0.2, 0.25) is 5.76 Å². The quantitative estimate of drug-likeness (QED) is 0.700. The summed E-state index contributed by atoms with van der Waals surface area (Å²) in [5, 5.41) is 11.3. The van der Waals surface area contributed by atoms with E-state index in [4.69, 9.17) is 14.3 Å². The Kier molecular flexibility index (Phi) is 5.70. The molecule has 8 heteroatoms. The molecule has 0 aliphatic rings. The molecule has 1 heterocycles. The van der Waals surface area contributed by atoms with Crippen molar-refractivity contribution in [3.63, 3.8) is 0 Å². The van der Waals surface area contributed by atoms with E-state index in [2.05, 4.69) is 10.3 Å². The number of nitrogens with zero attached hydrogens (tertiary/aromatic N) is 1. The molecule has 0 aliphatic carbocycles. The van der Waals surface area contributed by atoms with E-state index in [0.717, 1.165) is 6.39 Å². The van der Waals surface area contributed by atoms with Gasteiger partial charge in [-0.1, -0.05) is 0 Å². The summed E-state index contributed by atoms with van der Waals surface area (Å²) in [5.74, 6) is -2.48. The van der Waals surface area contributed by atoms with E-state index >= 15 is 0 Å². The maximum absolute atomic E-state index is 11.8. The van der Waals surface area contributed by atoms with Gasteiger partial charge in [-0.3, -0.25) is 9.59 Å². The summed E-state index contributed by atoms with van der Waals surface area (Å²) in [6.45, 7) is 3.44. The Morgan fingerprint density at radius 2 is 2.20 bits per heavy atom. The van der Waals surface area contributed by atoms with Crippen LogP contribution < -0.4 is 5.32 Å². The molecule has 1 aromatic heterocycles. The molecule has 1 aromatic rings. The fourth-order valence-electron chi connectivity index (χ4n) is 1.50. The van der Waals surface area contributed by atoms with Gasteiger partial charge in [0.1, 0.15) is 6.04 Å². The standard InChI is InChI=1S/C12H16N2O6/c1-3-19-9(15)5-4-8(12(17)18)14-11(16)10-7(2)13-6-20-10/h6,8H,3-5H2,1-2H3,(H,14,16)(H,17,18)/t8-/m0/s1. The van der Waals surface area contributed by atoms with Crippen molar-refractivity contribution >= 4 is 17.8 Å². The molecular weight excluding hydrogens is 268 g/mol. The highest BCUT2D eigenvalue weighted by Crippen LogP contribution is 2.07. The first-order chi connectivity index (χ1) is 9.45. The summed E-state index contributed by atoms with van der Waals surface area (Å²) < 4.78 is 9.56. The molecule has 0 fully saturated rings. The topological polar surface area (TPSA) is 119 Å². The molecule has 1 amide bonds. The number of rotatable bonds is 7. The van der Waals surface area contributed by atoms with Gasteiger partial charge in [-0.15, -0.1) is 0 Å². The Balaban J connectivity index is 2.59. The van der Waals surface area contributed by atoms with Crippen molar-refractivity contribution in [2.75, 3.05) is 6.61 Å². The molecular formula is C12H16N2O6. The van der Waals surface area contributed by atoms with Crippen LogP contribution in [0, 0.1) is 6.92 Å². The first-order valence-corrected chi connectivity index (χ1v) is 6.05. The number of carboxylic acids is 1. The van der Waals surface area contributed by atoms with Crippen molar-refractivity contribution in [1.29, 1.82) is 0 Å². The predicted molar refractivity (Wildman–Crippen MR) is 66.0 cm³/mol. The van der Waals surface area contributed by atoms with Crippen LogP contribution in [0.25, 0.3) is 0 Å². The Labute approximate surface area is 115 Å². The summed E-state index contributed by atoms with van der Waals surface area (Å²) in [6.07, 6.45) is 0.937. The number of hydrogen-bond donors (Lipinski definition) is 2. The van der Waals surface area contributed by atoms with E-state index in [1.54, 1.807) is 13.8 Å². The molecule has 0 bridgehead atoms. The van der Waals surface area contributed by atoms with Crippen molar-refractivity contribution in [2.24, 2.45) is 0 Å². The van der Waals surface area contributed by atoms with E-state index in [0.29, 0.717) is 5.69 Å². The molecule has 0 spiro atoms. The van der Waals surface area contributed by atoms with Crippen LogP contribution in [-0.2, 0) is 14.3 Å². The third-order valence-corrected chi connectivity index (χ3v) is 2.50. The van der Waals surface area contributed by atoms with Gasteiger partial charge in [-0.2, -0.15) is 0 Å². The zero-order valence-corrected chi connectivity index (χ0v) is 11.2. The van der Waals surface area contributed by atoms with Crippen LogP contribution in [0.2, 0.25) is 0 Å². The zero-order valence-electron chi connectivity index (χ0n) is 11.2. The van der Waals surface area contributed by atoms with Crippen LogP contribution in [0.5, 0.6) is 0 Å². The molecule has 0 saturated heterocycles. The predicted octanol–water partition coefficient (Wildman–Crippen LogP) is 0.509. The smallest absolute Gasteiger partial charge is 0.326 e. The number of ether oxygens (including phenoxy) is 1. The summed E-state index contributed by atoms with van der Waals surface area (Å²) in [7, 11) is 0. The number of carbonyl (C=O) groups is 3. The van der Waals surface area contributed by atoms with Crippen LogP contribution in [-0.4, -0.2) is 40.6 Å². The molecule has 0 aliphatic heterocycles. The monoisotopic (exact) mass is 284 g/mol. The lowest BCUT2D eigenvalue weighted by Gasteiger charge is -2.13. The van der Waals surface area contributed by atoms with Crippen LogP contribution in [0.4, 0.5) is 0 Å². The van der Waals surface area contributed by atoms with E-state index in [1.165, 1.54) is 0 Å². The third-order valence-electron chi connectivity index (χ3n) is 2.50. The Morgan fingerprint density at radius 3 is 2.70 bits per heavy atom. The average Bonchev–Trinajstić information content (AvgIpc) is 2.80. The lowest BCUT2D eigenvalue weighted by atomic mass is 10.1. The lowest BCUT2D eigenvalue weighted by molar-refractivity contribution is -0.144. The second kappa shape index (κ2) is 7.27. The molecule has 1 atom stereocenters. The van der Waals surface area contributed by atoms with Crippen molar-refractivity contribution in [3.05, 3.63) is 17.8 Å². The van der Waals surface area contributed by atoms with Crippen LogP contribution in [0.15, 0.2) is 10.8 Å². The summed E-state index contributed by atoms with van der Waals surface area (Å²) in [5.41, 5.74) is 0.358. The highest BCUT2D eigenvalue weighted by atomic mass is 16.5. The SMILES string of the molecule is CCOC(=O)CC[C@H](NC(=O)c1ocnc1C)C(=O)O. The van der Waals surface area contributed by atoms with Crippen molar-refractivity contribution in [3.8, 4) is 0 Å². The highest BCUT2D eigenvalue weighted by Gasteiger charge is 2.24. The minimum absolute atomic E-state index is 0.0487. The maximum Gasteiger partial charge on any atom is 0.326 e. The molecule has 8 nitrogen and oxygen atoms in total. The van der Waals surface area contributed by atoms with Gasteiger partial charge in [0, 0.05) is 6.42 Å². The Morgan fingerprint density at radius 1 is 1.50 bits per heavy atom. The first-order valence-electron chi connectivity index (χ1n) is 6.05. The third kappa shape index (κ3) is 4.38. The summed E-state index contributed by atoms with van der Waals surface area (Å²) >= 11 is 0. The summed E-state index contributed by atoms with van der Waals surface area (Å²) in [6, 6.07) is -1.20. The normalized spacial score (nSPS) is 11.7. The van der Waals surface area contributed by atoms with Gasteiger partial charge in [0.15, 0.2) is 6.39 Å². The fourth-order valence-corrected chi connectivity index (χ4v) is 1.50. The molecule has 20 heavy (non-hydrogen) atoms. The van der Waals surface area contributed by atoms with E-state index in [-0.39, 0.29) is 25.2 Å². The van der Waals surface area contributed by atoms with E-state index in [9.17, 15) is 14.4 Å². The van der Waals surface area contributed by atoms with Gasteiger partial charge in [-0.05, 0) is 20.3 Å². The Bertz CT molecular complexity index is 496. The minimum Gasteiger partial charge on any atom is -0.480 e. The van der Waals surface area contributed by atoms with Crippen molar-refractivity contribution in [2.45, 2.75) is 32.7 Å². The molecule has 2 N–H and O–H groups in total. The van der Waals surface area contributed by atoms with Gasteiger partial charge in [0.25, 0.3) is 5.91 Å². The zero-order chi connectivity index (χ0) is 15.1. The molecule has 1 rings (SSSR count). The first kappa shape index (κ1) is 15.7. The number of oxazole rings is 1. The molecule has 0 unspecified atom stereocenters. The lowest BCUT2D eigenvalue weighted by Crippen LogP contribution is -2.41. The number of carboxylic acid groups (broad SMARTS) is 1. The molecule has 0 aromatic carbocycles. The minimum atomic E-state index is -1.24. The largest absolute Gasteiger partial charge is 0.480 e. The molecule has 0 radical (unpaired) electrons. The fraction of sp³-hybridized carbons (Fsp3) is 0.500. The number of esters is 1. The molecule has 110 valence electrons. The number of aromatic nitrogens is 1. The van der Waals surface area contributed by atoms with Crippen LogP contribution in [0.1, 0.15) is 36.0 Å². The van der Waals surface area contributed by atoms with Crippen molar-refractivity contribution in [1.82, 2.24) is 10.3 Å². The van der Waals surface area contributed by atoms with E-state index < -0.39 is 23.9 Å². The van der Waals surface area contributed by atoms with Gasteiger partial charge >= 0.3 is 11.9 Å². The number of aliphatic carboxylic acids is 1. The van der Waals surface area contributed by atoms with Gasteiger partial charge in [0.05, 0.1) is 12.3 Å². The number of aryl methyl sites for hydroxylation is 1. The van der Waals surface area contributed by atoms with Gasteiger partial charge < -0.3 is 19.6 Å². The Hall–Kier alpha value is -2.38. The maximum atomic E-state index is 11.8. The molecule has 0 saturated carbocycles. The number of nitrogens with one attached hydrogen (secondary N) is 1. The van der Waals surface area contributed by atoms with Crippen molar-refractivity contribution < 1.29 is 28.6 Å². The summed E-state index contributed by atoms with van der Waals surface area (Å²) in [4.78, 5) is 37.8. The second-order valence-electron chi connectivity index (χ2n) is 3.97. The van der Waals surface area contributed by atoms with Crippen LogP contribution in [0.3, 0.4) is 0 Å². The second-order valence-corrected chi connectivity index (χ2v) is 3.97. The highest BCUT2D eigenvalue weighted by molar-refractivity contribution is 5.95. The number of amides is 1. The number of carbonyl (C=O) groups excluding carboxylic acids is 2. The average molecular weight is 284 g/mol. The van der Waals surface area contributed by atoms with Gasteiger partial charge in [-0.25, -0.2) is 9.78 Å².